The first-order valence-corrected chi connectivity index (χ1v) is 14.9. The van der Waals surface area contributed by atoms with Crippen molar-refractivity contribution < 1.29 is 31.1 Å². The number of pyridine rings is 1. The summed E-state index contributed by atoms with van der Waals surface area (Å²) >= 11 is 0. The molecule has 0 bridgehead atoms. The number of H-pyrrole nitrogens is 1. The maximum absolute atomic E-state index is 15.5. The van der Waals surface area contributed by atoms with Crippen LogP contribution in [0.3, 0.4) is 0 Å². The Morgan fingerprint density at radius 3 is 2.40 bits per heavy atom. The lowest BCUT2D eigenvalue weighted by Crippen LogP contribution is -2.59. The molecular weight excluding hydrogens is 602 g/mol. The van der Waals surface area contributed by atoms with Crippen molar-refractivity contribution >= 4 is 5.91 Å². The zero-order valence-electron chi connectivity index (χ0n) is 24.6. The molecule has 2 saturated heterocycles. The average molecular weight is 637 g/mol. The topological polar surface area (TPSA) is 100 Å². The fourth-order valence-electron chi connectivity index (χ4n) is 6.87. The first-order chi connectivity index (χ1) is 21.2. The Morgan fingerprint density at radius 1 is 1.04 bits per heavy atom. The number of carbonyl (C=O) groups excluding carboxylic acids is 1. The highest BCUT2D eigenvalue weighted by atomic mass is 19.3. The highest BCUT2D eigenvalue weighted by Gasteiger charge is 2.52. The molecule has 14 heteroatoms. The van der Waals surface area contributed by atoms with Crippen molar-refractivity contribution in [3.8, 4) is 0 Å². The molecule has 1 amide bonds. The van der Waals surface area contributed by atoms with E-state index < -0.39 is 58.9 Å². The Hall–Kier alpha value is -3.65. The lowest BCUT2D eigenvalue weighted by Gasteiger charge is -2.45. The molecule has 5 heterocycles. The van der Waals surface area contributed by atoms with E-state index in [9.17, 15) is 27.2 Å². The Morgan fingerprint density at radius 2 is 1.73 bits per heavy atom. The van der Waals surface area contributed by atoms with Crippen LogP contribution in [0.4, 0.5) is 26.3 Å². The van der Waals surface area contributed by atoms with Gasteiger partial charge in [0, 0.05) is 82.4 Å². The van der Waals surface area contributed by atoms with Crippen molar-refractivity contribution in [3.63, 3.8) is 0 Å². The van der Waals surface area contributed by atoms with Gasteiger partial charge in [0.1, 0.15) is 23.0 Å². The van der Waals surface area contributed by atoms with Gasteiger partial charge in [-0.2, -0.15) is 0 Å². The van der Waals surface area contributed by atoms with Crippen LogP contribution < -0.4 is 11.3 Å². The van der Waals surface area contributed by atoms with Gasteiger partial charge in [-0.3, -0.25) is 19.4 Å². The molecule has 3 aliphatic rings. The molecule has 3 aliphatic heterocycles. The Balaban J connectivity index is 1.28. The van der Waals surface area contributed by atoms with Crippen LogP contribution in [0.15, 0.2) is 41.5 Å². The molecule has 0 aliphatic carbocycles. The van der Waals surface area contributed by atoms with Crippen LogP contribution in [-0.4, -0.2) is 68.3 Å². The second-order valence-electron chi connectivity index (χ2n) is 12.6. The molecule has 8 nitrogen and oxygen atoms in total. The van der Waals surface area contributed by atoms with Gasteiger partial charge in [0.05, 0.1) is 17.7 Å². The monoisotopic (exact) mass is 636 g/mol. The van der Waals surface area contributed by atoms with E-state index in [0.717, 1.165) is 6.07 Å². The van der Waals surface area contributed by atoms with Gasteiger partial charge in [-0.05, 0) is 42.7 Å². The first-order valence-electron chi connectivity index (χ1n) is 14.9. The summed E-state index contributed by atoms with van der Waals surface area (Å²) in [5.41, 5.74) is 4.81. The molecule has 2 aromatic heterocycles. The molecule has 1 aromatic carbocycles. The van der Waals surface area contributed by atoms with E-state index >= 15 is 8.78 Å². The van der Waals surface area contributed by atoms with Crippen molar-refractivity contribution in [3.05, 3.63) is 86.9 Å². The summed E-state index contributed by atoms with van der Waals surface area (Å²) in [6.07, 6.45) is 2.54. The normalized spacial score (nSPS) is 24.7. The van der Waals surface area contributed by atoms with Gasteiger partial charge >= 0.3 is 0 Å². The van der Waals surface area contributed by atoms with Gasteiger partial charge in [0.15, 0.2) is 0 Å². The third-order valence-corrected chi connectivity index (χ3v) is 9.68. The van der Waals surface area contributed by atoms with E-state index in [1.54, 1.807) is 20.6 Å². The van der Waals surface area contributed by atoms with Crippen LogP contribution in [-0.2, 0) is 23.3 Å². The predicted octanol–water partition coefficient (Wildman–Crippen LogP) is 4.44. The molecule has 6 rings (SSSR count). The predicted molar refractivity (Wildman–Crippen MR) is 152 cm³/mol. The van der Waals surface area contributed by atoms with Crippen molar-refractivity contribution in [1.29, 1.82) is 0 Å². The van der Waals surface area contributed by atoms with Gasteiger partial charge < -0.3 is 15.3 Å². The van der Waals surface area contributed by atoms with E-state index in [-0.39, 0.29) is 62.4 Å². The smallest absolute Gasteiger partial charge is 0.257 e. The maximum Gasteiger partial charge on any atom is 0.257 e. The fourth-order valence-corrected chi connectivity index (χ4v) is 6.87. The Labute approximate surface area is 255 Å². The minimum atomic E-state index is -3.19. The number of hydrogen-bond acceptors (Lipinski definition) is 5. The number of aryl methyl sites for hydroxylation is 1. The summed E-state index contributed by atoms with van der Waals surface area (Å²) in [5.74, 6) is -9.05. The van der Waals surface area contributed by atoms with Crippen LogP contribution >= 0.6 is 0 Å². The maximum atomic E-state index is 15.5. The number of rotatable bonds is 7. The molecule has 0 saturated carbocycles. The van der Waals surface area contributed by atoms with Gasteiger partial charge in [-0.1, -0.05) is 0 Å². The number of fused-ring (bicyclic) bond motifs is 1. The average Bonchev–Trinajstić information content (AvgIpc) is 3.56. The van der Waals surface area contributed by atoms with Crippen LogP contribution in [0, 0.1) is 11.6 Å². The van der Waals surface area contributed by atoms with E-state index in [1.807, 2.05) is 0 Å². The van der Waals surface area contributed by atoms with Crippen molar-refractivity contribution in [2.24, 2.45) is 5.73 Å². The van der Waals surface area contributed by atoms with Crippen LogP contribution in [0.5, 0.6) is 0 Å². The molecular formula is C31H34F6N6O2. The third-order valence-electron chi connectivity index (χ3n) is 9.68. The van der Waals surface area contributed by atoms with Crippen molar-refractivity contribution in [2.75, 3.05) is 26.2 Å². The van der Waals surface area contributed by atoms with Gasteiger partial charge in [-0.25, -0.2) is 31.3 Å². The zero-order chi connectivity index (χ0) is 32.3. The summed E-state index contributed by atoms with van der Waals surface area (Å²) in [5, 5.41) is 0. The highest BCUT2D eigenvalue weighted by molar-refractivity contribution is 5.85. The molecule has 45 heavy (non-hydrogen) atoms. The zero-order valence-corrected chi connectivity index (χ0v) is 24.6. The quantitative estimate of drug-likeness (QED) is 0.374. The van der Waals surface area contributed by atoms with Gasteiger partial charge in [-0.15, -0.1) is 0 Å². The number of piperidine rings is 2. The number of carbonyl (C=O) groups is 1. The number of imidazole rings is 1. The number of likely N-dealkylation sites (tertiary alicyclic amines) is 2. The molecule has 0 spiro atoms. The second kappa shape index (κ2) is 11.3. The number of amides is 1. The number of nitrogens with two attached hydrogens (primary N) is 1. The summed E-state index contributed by atoms with van der Waals surface area (Å²) in [4.78, 5) is 36.1. The summed E-state index contributed by atoms with van der Waals surface area (Å²) < 4.78 is 88.0. The van der Waals surface area contributed by atoms with E-state index in [2.05, 4.69) is 9.97 Å². The SMILES string of the molecule is CC(C(N)=O)(c1cn2c(n1)CC[C@@H]2c1cc(F)cc(F)c1)N1CCC(F)(F)C(c2c[nH]c(=O)c(CN3CCC(F)(F)CC3)c2)C1. The number of nitrogens with zero attached hydrogens (tertiary/aromatic N) is 4. The molecule has 242 valence electrons. The third kappa shape index (κ3) is 5.89. The molecule has 2 unspecified atom stereocenters. The van der Waals surface area contributed by atoms with E-state index in [4.69, 9.17) is 5.73 Å². The number of hydrogen-bond donors (Lipinski definition) is 2. The van der Waals surface area contributed by atoms with Gasteiger partial charge in [0.25, 0.3) is 17.4 Å². The lowest BCUT2D eigenvalue weighted by atomic mass is 9.83. The molecule has 3 atom stereocenters. The minimum Gasteiger partial charge on any atom is -0.368 e. The van der Waals surface area contributed by atoms with Crippen LogP contribution in [0.25, 0.3) is 0 Å². The molecule has 3 aromatic rings. The summed E-state index contributed by atoms with van der Waals surface area (Å²) in [6.45, 7) is 1.23. The number of aromatic amines is 1. The lowest BCUT2D eigenvalue weighted by molar-refractivity contribution is -0.139. The molecule has 0 radical (unpaired) electrons. The summed E-state index contributed by atoms with van der Waals surface area (Å²) in [7, 11) is 0. The van der Waals surface area contributed by atoms with Crippen molar-refractivity contribution in [2.45, 2.75) is 74.9 Å². The number of primary amides is 1. The fraction of sp³-hybridized carbons (Fsp3) is 0.516. The molecule has 3 N–H and O–H groups in total. The Bertz CT molecular complexity index is 1640. The standard InChI is InChI=1S/C31H34F6N6O2/c1-29(28(38)45,25-17-43-24(2-3-26(43)40-25)18-11-21(32)13-22(33)12-18)42-9-6-31(36,37)23(16-42)19-10-20(27(44)39-14-19)15-41-7-4-30(34,35)5-8-41/h10-14,17,23-24H,2-9,15-16H2,1H3,(H2,38,45)(H,39,44)/t23?,24-,29?/m1/s1. The largest absolute Gasteiger partial charge is 0.368 e. The number of aromatic nitrogens is 3. The van der Waals surface area contributed by atoms with Crippen molar-refractivity contribution in [1.82, 2.24) is 24.3 Å². The minimum absolute atomic E-state index is 0.0385. The highest BCUT2D eigenvalue weighted by Crippen LogP contribution is 2.44. The number of halogens is 6. The number of benzene rings is 1. The van der Waals surface area contributed by atoms with E-state index in [0.29, 0.717) is 24.2 Å². The van der Waals surface area contributed by atoms with Crippen LogP contribution in [0.2, 0.25) is 0 Å². The number of alkyl halides is 4. The first kappa shape index (κ1) is 31.3. The summed E-state index contributed by atoms with van der Waals surface area (Å²) in [6, 6.07) is 4.22. The van der Waals surface area contributed by atoms with Crippen LogP contribution in [0.1, 0.15) is 72.8 Å². The second-order valence-corrected chi connectivity index (χ2v) is 12.6. The van der Waals surface area contributed by atoms with E-state index in [1.165, 1.54) is 31.3 Å². The van der Waals surface area contributed by atoms with Gasteiger partial charge in [0.2, 0.25) is 5.91 Å². The Kier molecular flexibility index (Phi) is 7.87. The molecule has 2 fully saturated rings. The number of nitrogens with one attached hydrogen (secondary N) is 1.